The van der Waals surface area contributed by atoms with Crippen LogP contribution >= 0.6 is 11.6 Å². The van der Waals surface area contributed by atoms with Crippen molar-refractivity contribution in [1.82, 2.24) is 39.7 Å². The Morgan fingerprint density at radius 2 is 2.27 bits per heavy atom. The largest absolute Gasteiger partial charge is 0.390 e. The maximum atomic E-state index is 9.38. The molecule has 10 heteroatoms. The molecule has 4 aromatic rings. The molecule has 0 aromatic carbocycles. The molecule has 1 saturated carbocycles. The van der Waals surface area contributed by atoms with Gasteiger partial charge in [-0.25, -0.2) is 9.97 Å². The number of aliphatic hydroxyl groups is 1. The molecule has 0 radical (unpaired) electrons. The van der Waals surface area contributed by atoms with Gasteiger partial charge in [-0.15, -0.1) is 10.2 Å². The smallest absolute Gasteiger partial charge is 0.177 e. The van der Waals surface area contributed by atoms with Crippen LogP contribution in [-0.4, -0.2) is 44.8 Å². The van der Waals surface area contributed by atoms with E-state index in [0.29, 0.717) is 10.8 Å². The molecule has 1 aliphatic carbocycles. The molecule has 0 aliphatic heterocycles. The number of imidazole rings is 1. The average Bonchev–Trinajstić information content (AvgIpc) is 3.39. The topological polar surface area (TPSA) is 110 Å². The fourth-order valence-corrected chi connectivity index (χ4v) is 4.14. The number of halogens is 1. The second kappa shape index (κ2) is 5.75. The molecule has 1 fully saturated rings. The third-order valence-corrected chi connectivity index (χ3v) is 5.45. The Balaban J connectivity index is 1.54. The molecule has 0 amide bonds. The van der Waals surface area contributed by atoms with E-state index in [0.717, 1.165) is 47.2 Å². The van der Waals surface area contributed by atoms with Crippen molar-refractivity contribution in [3.8, 4) is 0 Å². The number of nitrogens with zero attached hydrogens (tertiary/aromatic N) is 7. The van der Waals surface area contributed by atoms with Gasteiger partial charge in [0.15, 0.2) is 11.5 Å². The maximum Gasteiger partial charge on any atom is 0.177 e. The van der Waals surface area contributed by atoms with Crippen LogP contribution in [0.5, 0.6) is 0 Å². The molecule has 5 rings (SSSR count). The summed E-state index contributed by atoms with van der Waals surface area (Å²) < 4.78 is 2.09. The second-order valence-corrected chi connectivity index (χ2v) is 7.13. The first-order valence-electron chi connectivity index (χ1n) is 8.52. The van der Waals surface area contributed by atoms with Gasteiger partial charge in [-0.1, -0.05) is 11.6 Å². The van der Waals surface area contributed by atoms with Gasteiger partial charge in [0, 0.05) is 23.0 Å². The molecule has 4 heterocycles. The van der Waals surface area contributed by atoms with E-state index in [2.05, 4.69) is 34.9 Å². The zero-order valence-corrected chi connectivity index (χ0v) is 14.8. The number of aromatic amines is 1. The standard InChI is InChI=1S/C16H17ClN8O/c1-24-22-15(21-23-24)8-2-3-10(4-8)25-7-18-13-12-11(5-9(6-26)19-12)14(17)20-16(13)25/h5,7-8,10,19,26H,2-4,6H2,1H3/t8-,10+/m1/s1. The molecule has 134 valence electrons. The lowest BCUT2D eigenvalue weighted by molar-refractivity contribution is 0.278. The van der Waals surface area contributed by atoms with Gasteiger partial charge in [-0.2, -0.15) is 4.80 Å². The van der Waals surface area contributed by atoms with E-state index in [9.17, 15) is 5.11 Å². The van der Waals surface area contributed by atoms with Gasteiger partial charge in [0.1, 0.15) is 10.7 Å². The Bertz CT molecular complexity index is 1110. The van der Waals surface area contributed by atoms with Gasteiger partial charge in [-0.3, -0.25) is 0 Å². The number of aliphatic hydroxyl groups excluding tert-OH is 1. The molecule has 4 aromatic heterocycles. The maximum absolute atomic E-state index is 9.38. The van der Waals surface area contributed by atoms with Gasteiger partial charge in [0.2, 0.25) is 0 Å². The van der Waals surface area contributed by atoms with Gasteiger partial charge < -0.3 is 14.7 Å². The van der Waals surface area contributed by atoms with Crippen LogP contribution in [0.25, 0.3) is 22.1 Å². The molecule has 0 saturated heterocycles. The summed E-state index contributed by atoms with van der Waals surface area (Å²) in [6, 6.07) is 2.08. The predicted molar refractivity (Wildman–Crippen MR) is 94.7 cm³/mol. The van der Waals surface area contributed by atoms with Crippen LogP contribution in [0.1, 0.15) is 42.7 Å². The quantitative estimate of drug-likeness (QED) is 0.533. The Morgan fingerprint density at radius 3 is 3.04 bits per heavy atom. The van der Waals surface area contributed by atoms with Crippen LogP contribution in [-0.2, 0) is 13.7 Å². The number of aryl methyl sites for hydroxylation is 1. The number of hydrogen-bond acceptors (Lipinski definition) is 6. The first kappa shape index (κ1) is 15.7. The lowest BCUT2D eigenvalue weighted by Gasteiger charge is -2.12. The average molecular weight is 373 g/mol. The molecule has 0 unspecified atom stereocenters. The summed E-state index contributed by atoms with van der Waals surface area (Å²) in [5.41, 5.74) is 3.03. The van der Waals surface area contributed by atoms with Crippen molar-refractivity contribution in [1.29, 1.82) is 0 Å². The Morgan fingerprint density at radius 1 is 1.38 bits per heavy atom. The SMILES string of the molecule is Cn1nnc([C@@H]2CC[C@H](n3cnc4c5[nH]c(CO)cc5c(Cl)nc43)C2)n1. The summed E-state index contributed by atoms with van der Waals surface area (Å²) >= 11 is 6.38. The fraction of sp³-hybridized carbons (Fsp3) is 0.438. The third-order valence-electron chi connectivity index (χ3n) is 5.16. The summed E-state index contributed by atoms with van der Waals surface area (Å²) in [5, 5.41) is 23.0. The Labute approximate surface area is 153 Å². The van der Waals surface area contributed by atoms with Crippen molar-refractivity contribution in [3.63, 3.8) is 0 Å². The van der Waals surface area contributed by atoms with Gasteiger partial charge in [-0.05, 0) is 30.5 Å². The molecule has 26 heavy (non-hydrogen) atoms. The van der Waals surface area contributed by atoms with Crippen LogP contribution in [0.3, 0.4) is 0 Å². The summed E-state index contributed by atoms with van der Waals surface area (Å²) in [7, 11) is 1.78. The third kappa shape index (κ3) is 2.31. The highest BCUT2D eigenvalue weighted by molar-refractivity contribution is 6.35. The summed E-state index contributed by atoms with van der Waals surface area (Å²) in [4.78, 5) is 13.8. The molecule has 9 nitrogen and oxygen atoms in total. The first-order chi connectivity index (χ1) is 12.6. The van der Waals surface area contributed by atoms with Crippen LogP contribution in [0.4, 0.5) is 0 Å². The molecular formula is C16H17ClN8O. The van der Waals surface area contributed by atoms with Crippen LogP contribution in [0, 0.1) is 0 Å². The fourth-order valence-electron chi connectivity index (χ4n) is 3.91. The number of aromatic nitrogens is 8. The molecule has 2 N–H and O–H groups in total. The van der Waals surface area contributed by atoms with Gasteiger partial charge >= 0.3 is 0 Å². The number of H-pyrrole nitrogens is 1. The monoisotopic (exact) mass is 372 g/mol. The molecule has 0 bridgehead atoms. The lowest BCUT2D eigenvalue weighted by Crippen LogP contribution is -2.06. The minimum absolute atomic E-state index is 0.0807. The highest BCUT2D eigenvalue weighted by Crippen LogP contribution is 2.41. The minimum atomic E-state index is -0.0807. The Kier molecular flexibility index (Phi) is 3.47. The zero-order chi connectivity index (χ0) is 17.8. The predicted octanol–water partition coefficient (Wildman–Crippen LogP) is 2.09. The zero-order valence-electron chi connectivity index (χ0n) is 14.1. The summed E-state index contributed by atoms with van der Waals surface area (Å²) in [6.07, 6.45) is 4.74. The molecular weight excluding hydrogens is 356 g/mol. The van der Waals surface area contributed by atoms with E-state index in [4.69, 9.17) is 11.6 Å². The van der Waals surface area contributed by atoms with Crippen molar-refractivity contribution in [3.05, 3.63) is 29.1 Å². The van der Waals surface area contributed by atoms with Crippen LogP contribution in [0.15, 0.2) is 12.4 Å². The van der Waals surface area contributed by atoms with Gasteiger partial charge in [0.05, 0.1) is 25.5 Å². The number of rotatable bonds is 3. The van der Waals surface area contributed by atoms with E-state index in [1.54, 1.807) is 7.05 Å². The van der Waals surface area contributed by atoms with E-state index in [-0.39, 0.29) is 18.6 Å². The lowest BCUT2D eigenvalue weighted by atomic mass is 10.1. The van der Waals surface area contributed by atoms with Crippen LogP contribution in [0.2, 0.25) is 5.15 Å². The summed E-state index contributed by atoms with van der Waals surface area (Å²) in [5.74, 6) is 1.08. The second-order valence-electron chi connectivity index (χ2n) is 6.77. The van der Waals surface area contributed by atoms with Crippen molar-refractivity contribution < 1.29 is 5.11 Å². The van der Waals surface area contributed by atoms with Crippen molar-refractivity contribution in [2.75, 3.05) is 0 Å². The van der Waals surface area contributed by atoms with Crippen molar-refractivity contribution in [2.24, 2.45) is 7.05 Å². The first-order valence-corrected chi connectivity index (χ1v) is 8.90. The molecule has 1 aliphatic rings. The number of pyridine rings is 1. The number of nitrogens with one attached hydrogen (secondary N) is 1. The van der Waals surface area contributed by atoms with E-state index in [1.165, 1.54) is 4.80 Å². The Hall–Kier alpha value is -2.52. The molecule has 2 atom stereocenters. The van der Waals surface area contributed by atoms with E-state index < -0.39 is 0 Å². The number of tetrazole rings is 1. The minimum Gasteiger partial charge on any atom is -0.390 e. The highest BCUT2D eigenvalue weighted by Gasteiger charge is 2.31. The number of hydrogen-bond donors (Lipinski definition) is 2. The molecule has 0 spiro atoms. The number of fused-ring (bicyclic) bond motifs is 3. The van der Waals surface area contributed by atoms with Crippen molar-refractivity contribution in [2.45, 2.75) is 37.8 Å². The summed E-state index contributed by atoms with van der Waals surface area (Å²) in [6.45, 7) is -0.0807. The van der Waals surface area contributed by atoms with Crippen molar-refractivity contribution >= 4 is 33.7 Å². The van der Waals surface area contributed by atoms with Gasteiger partial charge in [0.25, 0.3) is 0 Å². The highest BCUT2D eigenvalue weighted by atomic mass is 35.5. The normalized spacial score (nSPS) is 20.6. The van der Waals surface area contributed by atoms with E-state index >= 15 is 0 Å². The van der Waals surface area contributed by atoms with E-state index in [1.807, 2.05) is 12.4 Å². The van der Waals surface area contributed by atoms with Crippen LogP contribution < -0.4 is 0 Å².